The minimum Gasteiger partial charge on any atom is -0.359 e. The molecule has 2 aliphatic rings. The van der Waals surface area contributed by atoms with Crippen LogP contribution >= 0.6 is 0 Å². The molecule has 1 saturated heterocycles. The summed E-state index contributed by atoms with van der Waals surface area (Å²) < 4.78 is 5.34. The van der Waals surface area contributed by atoms with Gasteiger partial charge in [-0.2, -0.15) is 0 Å². The van der Waals surface area contributed by atoms with Crippen LogP contribution in [0.25, 0.3) is 0 Å². The second-order valence-electron chi connectivity index (χ2n) is 5.76. The fraction of sp³-hybridized carbons (Fsp3) is 0.714. The maximum Gasteiger partial charge on any atom is 0.227 e. The first-order valence-electron chi connectivity index (χ1n) is 7.16. The van der Waals surface area contributed by atoms with Crippen molar-refractivity contribution in [1.82, 2.24) is 10.1 Å². The van der Waals surface area contributed by atoms with Crippen LogP contribution in [-0.2, 0) is 4.79 Å². The van der Waals surface area contributed by atoms with Crippen molar-refractivity contribution in [2.45, 2.75) is 51.1 Å². The summed E-state index contributed by atoms with van der Waals surface area (Å²) in [6.07, 6.45) is 4.95. The Hall–Kier alpha value is -1.36. The number of aromatic nitrogens is 1. The molecule has 0 radical (unpaired) electrons. The maximum atomic E-state index is 12.6. The van der Waals surface area contributed by atoms with Gasteiger partial charge in [0.15, 0.2) is 5.76 Å². The molecular formula is C14H21N3O2. The highest BCUT2D eigenvalue weighted by atomic mass is 16.5. The van der Waals surface area contributed by atoms with Gasteiger partial charge in [-0.3, -0.25) is 4.79 Å². The third kappa shape index (κ3) is 2.27. The van der Waals surface area contributed by atoms with Gasteiger partial charge in [0, 0.05) is 18.7 Å². The van der Waals surface area contributed by atoms with Crippen molar-refractivity contribution in [1.29, 1.82) is 0 Å². The standard InChI is InChI=1S/C14H21N3O2/c1-9-8-13(19-16-9)12-6-3-7-17(12)14(18)10-4-2-5-11(10)15/h8,10-12H,2-7,15H2,1H3. The van der Waals surface area contributed by atoms with Crippen LogP contribution in [0.15, 0.2) is 10.6 Å². The van der Waals surface area contributed by atoms with Crippen molar-refractivity contribution >= 4 is 5.91 Å². The van der Waals surface area contributed by atoms with E-state index in [0.717, 1.165) is 50.1 Å². The first kappa shape index (κ1) is 12.7. The summed E-state index contributed by atoms with van der Waals surface area (Å²) in [7, 11) is 0. The van der Waals surface area contributed by atoms with E-state index < -0.39 is 0 Å². The number of rotatable bonds is 2. The van der Waals surface area contributed by atoms with Crippen LogP contribution < -0.4 is 5.73 Å². The van der Waals surface area contributed by atoms with Crippen molar-refractivity contribution in [2.75, 3.05) is 6.54 Å². The third-order valence-electron chi connectivity index (χ3n) is 4.40. The van der Waals surface area contributed by atoms with Crippen LogP contribution in [0, 0.1) is 12.8 Å². The molecule has 5 nitrogen and oxygen atoms in total. The molecule has 5 heteroatoms. The Kier molecular flexibility index (Phi) is 3.31. The number of amides is 1. The van der Waals surface area contributed by atoms with E-state index in [1.807, 2.05) is 17.9 Å². The summed E-state index contributed by atoms with van der Waals surface area (Å²) in [6, 6.07) is 2.02. The lowest BCUT2D eigenvalue weighted by molar-refractivity contribution is -0.137. The van der Waals surface area contributed by atoms with Gasteiger partial charge in [-0.05, 0) is 32.6 Å². The predicted molar refractivity (Wildman–Crippen MR) is 70.2 cm³/mol. The lowest BCUT2D eigenvalue weighted by atomic mass is 10.0. The Labute approximate surface area is 113 Å². The lowest BCUT2D eigenvalue weighted by Crippen LogP contribution is -2.41. The van der Waals surface area contributed by atoms with Crippen LogP contribution in [0.4, 0.5) is 0 Å². The molecule has 0 spiro atoms. The van der Waals surface area contributed by atoms with Crippen LogP contribution in [0.1, 0.15) is 49.6 Å². The van der Waals surface area contributed by atoms with E-state index in [-0.39, 0.29) is 23.9 Å². The number of hydrogen-bond acceptors (Lipinski definition) is 4. The predicted octanol–water partition coefficient (Wildman–Crippen LogP) is 1.77. The summed E-state index contributed by atoms with van der Waals surface area (Å²) in [6.45, 7) is 2.72. The SMILES string of the molecule is Cc1cc(C2CCCN2C(=O)C2CCCC2N)on1. The second-order valence-corrected chi connectivity index (χ2v) is 5.76. The minimum atomic E-state index is 0.00428. The molecule has 1 aliphatic carbocycles. The molecule has 1 aromatic heterocycles. The van der Waals surface area contributed by atoms with Gasteiger partial charge in [0.25, 0.3) is 0 Å². The number of aryl methyl sites for hydroxylation is 1. The van der Waals surface area contributed by atoms with Crippen molar-refractivity contribution in [3.63, 3.8) is 0 Å². The zero-order chi connectivity index (χ0) is 13.4. The van der Waals surface area contributed by atoms with Gasteiger partial charge in [-0.25, -0.2) is 0 Å². The summed E-state index contributed by atoms with van der Waals surface area (Å²) >= 11 is 0. The topological polar surface area (TPSA) is 72.4 Å². The molecule has 0 aromatic carbocycles. The second kappa shape index (κ2) is 4.96. The molecule has 2 N–H and O–H groups in total. The van der Waals surface area contributed by atoms with Crippen LogP contribution in [0.5, 0.6) is 0 Å². The van der Waals surface area contributed by atoms with E-state index in [1.165, 1.54) is 0 Å². The average Bonchev–Trinajstić information content (AvgIpc) is 3.07. The van der Waals surface area contributed by atoms with E-state index in [9.17, 15) is 4.79 Å². The molecular weight excluding hydrogens is 242 g/mol. The van der Waals surface area contributed by atoms with Gasteiger partial charge in [0.2, 0.25) is 5.91 Å². The first-order chi connectivity index (χ1) is 9.16. The molecule has 1 aliphatic heterocycles. The summed E-state index contributed by atoms with van der Waals surface area (Å²) in [5.74, 6) is 1.03. The fourth-order valence-corrected chi connectivity index (χ4v) is 3.37. The van der Waals surface area contributed by atoms with E-state index >= 15 is 0 Å². The molecule has 1 saturated carbocycles. The molecule has 2 fully saturated rings. The van der Waals surface area contributed by atoms with Crippen LogP contribution in [0.3, 0.4) is 0 Å². The molecule has 104 valence electrons. The maximum absolute atomic E-state index is 12.6. The van der Waals surface area contributed by atoms with Crippen molar-refractivity contribution in [2.24, 2.45) is 11.7 Å². The van der Waals surface area contributed by atoms with Crippen LogP contribution in [-0.4, -0.2) is 28.6 Å². The number of nitrogens with zero attached hydrogens (tertiary/aromatic N) is 2. The lowest BCUT2D eigenvalue weighted by Gasteiger charge is -2.27. The highest BCUT2D eigenvalue weighted by Crippen LogP contribution is 2.36. The highest BCUT2D eigenvalue weighted by molar-refractivity contribution is 5.80. The number of likely N-dealkylation sites (tertiary alicyclic amines) is 1. The van der Waals surface area contributed by atoms with Gasteiger partial charge in [-0.15, -0.1) is 0 Å². The zero-order valence-corrected chi connectivity index (χ0v) is 11.3. The molecule has 3 rings (SSSR count). The zero-order valence-electron chi connectivity index (χ0n) is 11.3. The number of hydrogen-bond donors (Lipinski definition) is 1. The van der Waals surface area contributed by atoms with Gasteiger partial charge >= 0.3 is 0 Å². The van der Waals surface area contributed by atoms with Gasteiger partial charge in [-0.1, -0.05) is 11.6 Å². The molecule has 3 atom stereocenters. The molecule has 3 unspecified atom stereocenters. The van der Waals surface area contributed by atoms with Crippen molar-refractivity contribution < 1.29 is 9.32 Å². The Balaban J connectivity index is 1.77. The van der Waals surface area contributed by atoms with E-state index in [4.69, 9.17) is 10.3 Å². The number of carbonyl (C=O) groups excluding carboxylic acids is 1. The molecule has 19 heavy (non-hydrogen) atoms. The molecule has 1 aromatic rings. The number of nitrogens with two attached hydrogens (primary N) is 1. The largest absolute Gasteiger partial charge is 0.359 e. The van der Waals surface area contributed by atoms with Crippen LogP contribution in [0.2, 0.25) is 0 Å². The van der Waals surface area contributed by atoms with E-state index in [2.05, 4.69) is 5.16 Å². The summed E-state index contributed by atoms with van der Waals surface area (Å²) in [4.78, 5) is 14.6. The van der Waals surface area contributed by atoms with Gasteiger partial charge in [0.1, 0.15) is 0 Å². The fourth-order valence-electron chi connectivity index (χ4n) is 3.37. The smallest absolute Gasteiger partial charge is 0.227 e. The summed E-state index contributed by atoms with van der Waals surface area (Å²) in [5, 5.41) is 3.93. The van der Waals surface area contributed by atoms with E-state index in [0.29, 0.717) is 0 Å². The Morgan fingerprint density at radius 3 is 2.89 bits per heavy atom. The highest BCUT2D eigenvalue weighted by Gasteiger charge is 2.39. The third-order valence-corrected chi connectivity index (χ3v) is 4.40. The molecule has 1 amide bonds. The van der Waals surface area contributed by atoms with Gasteiger partial charge < -0.3 is 15.2 Å². The Morgan fingerprint density at radius 2 is 2.26 bits per heavy atom. The Bertz CT molecular complexity index is 471. The summed E-state index contributed by atoms with van der Waals surface area (Å²) in [5.41, 5.74) is 6.92. The normalized spacial score (nSPS) is 31.1. The quantitative estimate of drug-likeness (QED) is 0.882. The average molecular weight is 263 g/mol. The van der Waals surface area contributed by atoms with E-state index in [1.54, 1.807) is 0 Å². The van der Waals surface area contributed by atoms with Gasteiger partial charge in [0.05, 0.1) is 17.7 Å². The van der Waals surface area contributed by atoms with Crippen molar-refractivity contribution in [3.8, 4) is 0 Å². The molecule has 2 heterocycles. The molecule has 0 bridgehead atoms. The number of carbonyl (C=O) groups is 1. The monoisotopic (exact) mass is 263 g/mol. The Morgan fingerprint density at radius 1 is 1.42 bits per heavy atom. The van der Waals surface area contributed by atoms with Crippen molar-refractivity contribution in [3.05, 3.63) is 17.5 Å². The first-order valence-corrected chi connectivity index (χ1v) is 7.16. The minimum absolute atomic E-state index is 0.00428.